The van der Waals surface area contributed by atoms with Gasteiger partial charge < -0.3 is 10.4 Å². The van der Waals surface area contributed by atoms with E-state index < -0.39 is 11.8 Å². The number of rotatable bonds is 7. The molecule has 176 valence electrons. The first-order valence-electron chi connectivity index (χ1n) is 11.5. The molecule has 0 saturated heterocycles. The van der Waals surface area contributed by atoms with Gasteiger partial charge in [0.1, 0.15) is 5.82 Å². The number of hydrogen-bond donors (Lipinski definition) is 2. The van der Waals surface area contributed by atoms with Crippen LogP contribution in [0, 0.1) is 11.2 Å². The van der Waals surface area contributed by atoms with E-state index in [1.165, 1.54) is 18.3 Å². The Morgan fingerprint density at radius 1 is 1.00 bits per heavy atom. The quantitative estimate of drug-likeness (QED) is 0.417. The highest BCUT2D eigenvalue weighted by molar-refractivity contribution is 6.06. The Labute approximate surface area is 200 Å². The highest BCUT2D eigenvalue weighted by atomic mass is 19.1. The van der Waals surface area contributed by atoms with Crippen molar-refractivity contribution in [3.05, 3.63) is 84.1 Å². The molecule has 0 aliphatic heterocycles. The van der Waals surface area contributed by atoms with Crippen LogP contribution in [0.5, 0.6) is 0 Å². The van der Waals surface area contributed by atoms with Crippen molar-refractivity contribution in [1.29, 1.82) is 0 Å². The normalized spacial score (nSPS) is 22.3. The molecule has 2 bridgehead atoms. The van der Waals surface area contributed by atoms with Crippen molar-refractivity contribution in [3.8, 4) is 11.1 Å². The number of nitrogens with one attached hydrogen (secondary N) is 1. The van der Waals surface area contributed by atoms with Crippen molar-refractivity contribution in [2.75, 3.05) is 0 Å². The molecule has 0 spiro atoms. The van der Waals surface area contributed by atoms with Gasteiger partial charge in [-0.15, -0.1) is 0 Å². The maximum absolute atomic E-state index is 14.6. The van der Waals surface area contributed by atoms with Crippen LogP contribution < -0.4 is 5.32 Å². The van der Waals surface area contributed by atoms with Crippen molar-refractivity contribution in [2.24, 2.45) is 5.41 Å². The van der Waals surface area contributed by atoms with Crippen LogP contribution >= 0.6 is 0 Å². The Kier molecular flexibility index (Phi) is 4.74. The van der Waals surface area contributed by atoms with E-state index in [1.807, 2.05) is 36.4 Å². The zero-order valence-corrected chi connectivity index (χ0v) is 18.9. The first kappa shape index (κ1) is 21.5. The van der Waals surface area contributed by atoms with Crippen LogP contribution in [0.3, 0.4) is 0 Å². The summed E-state index contributed by atoms with van der Waals surface area (Å²) in [5.74, 6) is -1.52. The molecule has 8 heteroatoms. The van der Waals surface area contributed by atoms with Gasteiger partial charge in [-0.2, -0.15) is 5.10 Å². The van der Waals surface area contributed by atoms with Crippen LogP contribution in [0.2, 0.25) is 0 Å². The molecule has 0 atom stereocenters. The Bertz CT molecular complexity index is 1440. The maximum atomic E-state index is 14.6. The van der Waals surface area contributed by atoms with E-state index in [0.29, 0.717) is 42.3 Å². The van der Waals surface area contributed by atoms with Crippen LogP contribution in [0.25, 0.3) is 22.0 Å². The minimum Gasteiger partial charge on any atom is -0.481 e. The van der Waals surface area contributed by atoms with Gasteiger partial charge in [0.25, 0.3) is 5.91 Å². The van der Waals surface area contributed by atoms with Gasteiger partial charge in [0.05, 0.1) is 35.6 Å². The summed E-state index contributed by atoms with van der Waals surface area (Å²) < 4.78 is 16.2. The highest BCUT2D eigenvalue weighted by Gasteiger charge is 2.68. The number of carboxylic acid groups (broad SMARTS) is 1. The number of aromatic nitrogens is 3. The van der Waals surface area contributed by atoms with Gasteiger partial charge in [-0.25, -0.2) is 4.39 Å². The fourth-order valence-electron chi connectivity index (χ4n) is 5.94. The third-order valence-corrected chi connectivity index (χ3v) is 7.34. The van der Waals surface area contributed by atoms with E-state index in [4.69, 9.17) is 5.11 Å². The summed E-state index contributed by atoms with van der Waals surface area (Å²) in [5, 5.41) is 16.9. The maximum Gasteiger partial charge on any atom is 0.303 e. The monoisotopic (exact) mass is 470 g/mol. The van der Waals surface area contributed by atoms with Crippen molar-refractivity contribution < 1.29 is 19.1 Å². The van der Waals surface area contributed by atoms with Gasteiger partial charge >= 0.3 is 5.97 Å². The second kappa shape index (κ2) is 7.73. The lowest BCUT2D eigenvalue weighted by molar-refractivity contribution is -0.172. The molecule has 35 heavy (non-hydrogen) atoms. The first-order chi connectivity index (χ1) is 16.9. The molecule has 3 aliphatic carbocycles. The molecule has 2 aromatic carbocycles. The number of benzene rings is 2. The van der Waals surface area contributed by atoms with Crippen LogP contribution in [-0.4, -0.2) is 37.3 Å². The van der Waals surface area contributed by atoms with Crippen molar-refractivity contribution >= 4 is 22.8 Å². The van der Waals surface area contributed by atoms with Crippen LogP contribution in [0.15, 0.2) is 67.1 Å². The average molecular weight is 471 g/mol. The zero-order chi connectivity index (χ0) is 24.2. The molecule has 3 aliphatic rings. The van der Waals surface area contributed by atoms with Crippen LogP contribution in [0.1, 0.15) is 41.6 Å². The van der Waals surface area contributed by atoms with Gasteiger partial charge in [0.15, 0.2) is 0 Å². The lowest BCUT2D eigenvalue weighted by Gasteiger charge is -2.70. The molecule has 0 unspecified atom stereocenters. The number of halogens is 1. The number of amides is 1. The minimum atomic E-state index is -0.803. The van der Waals surface area contributed by atoms with E-state index in [2.05, 4.69) is 15.4 Å². The number of pyridine rings is 1. The van der Waals surface area contributed by atoms with Gasteiger partial charge in [0, 0.05) is 17.9 Å². The lowest BCUT2D eigenvalue weighted by atomic mass is 9.38. The number of hydrogen-bond acceptors (Lipinski definition) is 4. The topological polar surface area (TPSA) is 97.1 Å². The van der Waals surface area contributed by atoms with E-state index in [1.54, 1.807) is 17.1 Å². The smallest absolute Gasteiger partial charge is 0.303 e. The first-order valence-corrected chi connectivity index (χ1v) is 11.5. The molecule has 2 heterocycles. The predicted octanol–water partition coefficient (Wildman–Crippen LogP) is 4.41. The molecule has 3 saturated carbocycles. The average Bonchev–Trinajstić information content (AvgIpc) is 3.22. The molecule has 3 fully saturated rings. The zero-order valence-electron chi connectivity index (χ0n) is 18.9. The molecular weight excluding hydrogens is 447 g/mol. The molecule has 2 N–H and O–H groups in total. The number of nitrogens with zero attached hydrogens (tertiary/aromatic N) is 3. The Hall–Kier alpha value is -4.07. The summed E-state index contributed by atoms with van der Waals surface area (Å²) in [6.07, 6.45) is 7.11. The summed E-state index contributed by atoms with van der Waals surface area (Å²) in [6.45, 7) is 0.386. The summed E-state index contributed by atoms with van der Waals surface area (Å²) in [6, 6.07) is 14.7. The number of aliphatic carboxylic acids is 1. The standard InChI is InChI=1S/C27H23FN4O3/c28-22-6-5-20(25(35)31-27-14-26(15-27,16-27)11-23(33)34)24-21(22)12-30-32(24)13-17-1-3-18(4-2-17)19-7-9-29-10-8-19/h1-10,12H,11,13-16H2,(H,31,35)(H,33,34). The van der Waals surface area contributed by atoms with E-state index in [9.17, 15) is 14.0 Å². The fourth-order valence-corrected chi connectivity index (χ4v) is 5.94. The Balaban J connectivity index is 1.24. The third kappa shape index (κ3) is 3.65. The summed E-state index contributed by atoms with van der Waals surface area (Å²) in [5.41, 5.74) is 3.39. The summed E-state index contributed by atoms with van der Waals surface area (Å²) >= 11 is 0. The Morgan fingerprint density at radius 3 is 2.37 bits per heavy atom. The van der Waals surface area contributed by atoms with Crippen LogP contribution in [0.4, 0.5) is 4.39 Å². The second-order valence-electron chi connectivity index (χ2n) is 9.93. The molecular formula is C27H23FN4O3. The number of fused-ring (bicyclic) bond motifs is 1. The van der Waals surface area contributed by atoms with Crippen LogP contribution in [-0.2, 0) is 11.3 Å². The number of carbonyl (C=O) groups is 2. The van der Waals surface area contributed by atoms with E-state index >= 15 is 0 Å². The molecule has 7 nitrogen and oxygen atoms in total. The Morgan fingerprint density at radius 2 is 1.69 bits per heavy atom. The SMILES string of the molecule is O=C(O)CC12CC(NC(=O)c3ccc(F)c4cnn(Cc5ccc(-c6ccncc6)cc5)c34)(C1)C2. The van der Waals surface area contributed by atoms with Crippen molar-refractivity contribution in [3.63, 3.8) is 0 Å². The summed E-state index contributed by atoms with van der Waals surface area (Å²) in [7, 11) is 0. The molecule has 2 aromatic heterocycles. The molecule has 1 amide bonds. The second-order valence-corrected chi connectivity index (χ2v) is 9.93. The predicted molar refractivity (Wildman–Crippen MR) is 127 cm³/mol. The number of carboxylic acids is 1. The lowest BCUT2D eigenvalue weighted by Crippen LogP contribution is -2.75. The van der Waals surface area contributed by atoms with Gasteiger partial charge in [-0.3, -0.25) is 19.3 Å². The minimum absolute atomic E-state index is 0.137. The third-order valence-electron chi connectivity index (χ3n) is 7.34. The fraction of sp³-hybridized carbons (Fsp3) is 0.259. The highest BCUT2D eigenvalue weighted by Crippen LogP contribution is 2.69. The largest absolute Gasteiger partial charge is 0.481 e. The van der Waals surface area contributed by atoms with Gasteiger partial charge in [-0.05, 0) is 65.6 Å². The molecule has 4 aromatic rings. The van der Waals surface area contributed by atoms with Crippen molar-refractivity contribution in [1.82, 2.24) is 20.1 Å². The number of carbonyl (C=O) groups excluding carboxylic acids is 1. The summed E-state index contributed by atoms with van der Waals surface area (Å²) in [4.78, 5) is 28.4. The molecule has 7 rings (SSSR count). The van der Waals surface area contributed by atoms with Gasteiger partial charge in [-0.1, -0.05) is 24.3 Å². The van der Waals surface area contributed by atoms with E-state index in [0.717, 1.165) is 16.7 Å². The van der Waals surface area contributed by atoms with Gasteiger partial charge in [0.2, 0.25) is 0 Å². The molecule has 0 radical (unpaired) electrons. The van der Waals surface area contributed by atoms with E-state index in [-0.39, 0.29) is 23.3 Å². The van der Waals surface area contributed by atoms with Crippen molar-refractivity contribution in [2.45, 2.75) is 37.8 Å².